The van der Waals surface area contributed by atoms with Crippen LogP contribution in [0, 0.1) is 11.3 Å². The van der Waals surface area contributed by atoms with E-state index in [2.05, 4.69) is 6.92 Å². The Kier molecular flexibility index (Phi) is 12.8. The summed E-state index contributed by atoms with van der Waals surface area (Å²) in [6.07, 6.45) is 3.40. The molecule has 3 N–H and O–H groups in total. The summed E-state index contributed by atoms with van der Waals surface area (Å²) in [4.78, 5) is 19.6. The first-order chi connectivity index (χ1) is 7.49. The third kappa shape index (κ3) is 12.8. The number of esters is 1. The maximum atomic E-state index is 11.2. The Labute approximate surface area is 96.9 Å². The molecule has 0 spiro atoms. The van der Waals surface area contributed by atoms with Gasteiger partial charge in [0.15, 0.2) is 0 Å². The third-order valence-electron chi connectivity index (χ3n) is 1.77. The summed E-state index contributed by atoms with van der Waals surface area (Å²) >= 11 is 0. The number of hydrogen-bond acceptors (Lipinski definition) is 5. The Morgan fingerprint density at radius 1 is 1.50 bits per heavy atom. The fraction of sp³-hybridized carbons (Fsp3) is 0.818. The first kappa shape index (κ1) is 17.2. The van der Waals surface area contributed by atoms with Crippen molar-refractivity contribution >= 4 is 12.0 Å². The molecule has 0 amide bonds. The second-order valence-corrected chi connectivity index (χ2v) is 3.86. The molecule has 0 bridgehead atoms. The van der Waals surface area contributed by atoms with Gasteiger partial charge in [-0.15, -0.1) is 0 Å². The lowest BCUT2D eigenvalue weighted by molar-refractivity contribution is -0.145. The first-order valence-electron chi connectivity index (χ1n) is 5.45. The van der Waals surface area contributed by atoms with Gasteiger partial charge in [-0.05, 0) is 18.8 Å². The predicted octanol–water partition coefficient (Wildman–Crippen LogP) is 1.60. The largest absolute Gasteiger partial charge is 0.465 e. The van der Waals surface area contributed by atoms with Crippen LogP contribution in [0.5, 0.6) is 0 Å². The number of hydrogen-bond donors (Lipinski definition) is 2. The number of ether oxygens (including phenoxy) is 1. The van der Waals surface area contributed by atoms with Gasteiger partial charge in [-0.2, -0.15) is 0 Å². The maximum Gasteiger partial charge on any atom is 0.322 e. The maximum absolute atomic E-state index is 11.2. The standard InChI is InChI=1S/C10H21NO2.CHNO/c1-4-5-6-13-10(12)9(11)7-8(2)3;2-1-3/h8-9H,4-7,11H2,1-3H3;2H. The van der Waals surface area contributed by atoms with Crippen molar-refractivity contribution in [3.8, 4) is 0 Å². The van der Waals surface area contributed by atoms with Crippen molar-refractivity contribution < 1.29 is 14.3 Å². The van der Waals surface area contributed by atoms with E-state index in [1.165, 1.54) is 0 Å². The van der Waals surface area contributed by atoms with E-state index in [0.29, 0.717) is 18.9 Å². The van der Waals surface area contributed by atoms with Crippen LogP contribution < -0.4 is 5.73 Å². The first-order valence-corrected chi connectivity index (χ1v) is 5.45. The average Bonchev–Trinajstić information content (AvgIpc) is 2.18. The van der Waals surface area contributed by atoms with Crippen LogP contribution in [-0.4, -0.2) is 24.7 Å². The molecule has 94 valence electrons. The molecule has 0 saturated carbocycles. The van der Waals surface area contributed by atoms with Gasteiger partial charge >= 0.3 is 5.97 Å². The van der Waals surface area contributed by atoms with Crippen LogP contribution in [-0.2, 0) is 14.3 Å². The van der Waals surface area contributed by atoms with E-state index in [0.717, 1.165) is 18.9 Å². The molecule has 0 aliphatic carbocycles. The minimum atomic E-state index is -0.447. The fourth-order valence-corrected chi connectivity index (χ4v) is 1.03. The van der Waals surface area contributed by atoms with Gasteiger partial charge < -0.3 is 10.5 Å². The van der Waals surface area contributed by atoms with Crippen LogP contribution in [0.3, 0.4) is 0 Å². The molecule has 0 aliphatic heterocycles. The Balaban J connectivity index is 0. The van der Waals surface area contributed by atoms with Crippen molar-refractivity contribution in [3.63, 3.8) is 0 Å². The van der Waals surface area contributed by atoms with Crippen LogP contribution in [0.2, 0.25) is 0 Å². The molecule has 0 heterocycles. The molecule has 0 rings (SSSR count). The molecule has 0 aromatic carbocycles. The highest BCUT2D eigenvalue weighted by Gasteiger charge is 2.15. The van der Waals surface area contributed by atoms with Gasteiger partial charge in [-0.3, -0.25) is 4.79 Å². The van der Waals surface area contributed by atoms with Gasteiger partial charge in [-0.25, -0.2) is 10.2 Å². The van der Waals surface area contributed by atoms with Gasteiger partial charge in [0, 0.05) is 0 Å². The highest BCUT2D eigenvalue weighted by atomic mass is 16.5. The van der Waals surface area contributed by atoms with E-state index >= 15 is 0 Å². The number of unbranched alkanes of at least 4 members (excludes halogenated alkanes) is 1. The summed E-state index contributed by atoms with van der Waals surface area (Å²) in [7, 11) is 0. The molecule has 0 radical (unpaired) electrons. The molecule has 16 heavy (non-hydrogen) atoms. The number of isocyanates is 1. The zero-order valence-corrected chi connectivity index (χ0v) is 10.3. The average molecular weight is 230 g/mol. The number of nitrogens with two attached hydrogens (primary N) is 1. The Hall–Kier alpha value is -1.19. The molecular formula is C11H22N2O3. The second kappa shape index (κ2) is 11.9. The van der Waals surface area contributed by atoms with Crippen molar-refractivity contribution in [2.75, 3.05) is 6.61 Å². The summed E-state index contributed by atoms with van der Waals surface area (Å²) in [6, 6.07) is -0.447. The molecule has 5 heteroatoms. The van der Waals surface area contributed by atoms with Gasteiger partial charge in [0.05, 0.1) is 6.61 Å². The van der Waals surface area contributed by atoms with Crippen molar-refractivity contribution in [3.05, 3.63) is 0 Å². The minimum Gasteiger partial charge on any atom is -0.465 e. The fourth-order valence-electron chi connectivity index (χ4n) is 1.03. The van der Waals surface area contributed by atoms with Crippen molar-refractivity contribution in [1.82, 2.24) is 0 Å². The lowest BCUT2D eigenvalue weighted by Crippen LogP contribution is -2.33. The highest BCUT2D eigenvalue weighted by molar-refractivity contribution is 5.75. The normalized spacial score (nSPS) is 11.1. The zero-order valence-electron chi connectivity index (χ0n) is 10.3. The van der Waals surface area contributed by atoms with E-state index in [4.69, 9.17) is 20.7 Å². The molecule has 0 saturated heterocycles. The third-order valence-corrected chi connectivity index (χ3v) is 1.77. The van der Waals surface area contributed by atoms with E-state index in [1.54, 1.807) is 0 Å². The number of carbonyl (C=O) groups is 1. The van der Waals surface area contributed by atoms with Gasteiger partial charge in [0.1, 0.15) is 6.04 Å². The van der Waals surface area contributed by atoms with Gasteiger partial charge in [0.2, 0.25) is 6.08 Å². The highest BCUT2D eigenvalue weighted by Crippen LogP contribution is 2.04. The summed E-state index contributed by atoms with van der Waals surface area (Å²) in [5.74, 6) is 0.177. The van der Waals surface area contributed by atoms with Crippen molar-refractivity contribution in [2.24, 2.45) is 11.7 Å². The molecule has 5 nitrogen and oxygen atoms in total. The Morgan fingerprint density at radius 2 is 2.00 bits per heavy atom. The Bertz CT molecular complexity index is 211. The smallest absolute Gasteiger partial charge is 0.322 e. The number of rotatable bonds is 6. The molecule has 0 fully saturated rings. The quantitative estimate of drug-likeness (QED) is 0.314. The summed E-state index contributed by atoms with van der Waals surface area (Å²) in [5.41, 5.74) is 5.63. The topological polar surface area (TPSA) is 93.2 Å². The predicted molar refractivity (Wildman–Crippen MR) is 61.7 cm³/mol. The summed E-state index contributed by atoms with van der Waals surface area (Å²) < 4.78 is 4.98. The zero-order chi connectivity index (χ0) is 13.0. The lowest BCUT2D eigenvalue weighted by Gasteiger charge is -2.12. The van der Waals surface area contributed by atoms with E-state index in [-0.39, 0.29) is 5.97 Å². The molecule has 0 aliphatic rings. The Morgan fingerprint density at radius 3 is 2.38 bits per heavy atom. The second-order valence-electron chi connectivity index (χ2n) is 3.86. The summed E-state index contributed by atoms with van der Waals surface area (Å²) in [5, 5.41) is 5.40. The van der Waals surface area contributed by atoms with Crippen LogP contribution >= 0.6 is 0 Å². The molecule has 1 atom stereocenters. The molecular weight excluding hydrogens is 208 g/mol. The SMILES string of the molecule is CCCCOC(=O)C(N)CC(C)C.N=C=O. The summed E-state index contributed by atoms with van der Waals surface area (Å²) in [6.45, 7) is 6.64. The lowest BCUT2D eigenvalue weighted by atomic mass is 10.1. The van der Waals surface area contributed by atoms with Gasteiger partial charge in [-0.1, -0.05) is 27.2 Å². The number of nitrogens with one attached hydrogen (secondary N) is 1. The molecule has 0 aromatic rings. The molecule has 0 aromatic heterocycles. The van der Waals surface area contributed by atoms with E-state index in [9.17, 15) is 4.79 Å². The van der Waals surface area contributed by atoms with E-state index < -0.39 is 6.04 Å². The van der Waals surface area contributed by atoms with Crippen LogP contribution in [0.25, 0.3) is 0 Å². The monoisotopic (exact) mass is 230 g/mol. The van der Waals surface area contributed by atoms with Crippen molar-refractivity contribution in [1.29, 1.82) is 5.41 Å². The van der Waals surface area contributed by atoms with Crippen molar-refractivity contribution in [2.45, 2.75) is 46.1 Å². The number of carbonyl (C=O) groups excluding carboxylic acids is 2. The molecule has 1 unspecified atom stereocenters. The van der Waals surface area contributed by atoms with Crippen LogP contribution in [0.1, 0.15) is 40.0 Å². The van der Waals surface area contributed by atoms with Crippen LogP contribution in [0.4, 0.5) is 0 Å². The van der Waals surface area contributed by atoms with Gasteiger partial charge in [0.25, 0.3) is 0 Å². The van der Waals surface area contributed by atoms with Crippen LogP contribution in [0.15, 0.2) is 0 Å². The van der Waals surface area contributed by atoms with E-state index in [1.807, 2.05) is 13.8 Å². The minimum absolute atomic E-state index is 0.262.